The molecule has 5 nitrogen and oxygen atoms in total. The molecule has 1 aliphatic heterocycles. The lowest BCUT2D eigenvalue weighted by Gasteiger charge is -2.23. The second kappa shape index (κ2) is 7.30. The minimum absolute atomic E-state index is 0.245. The van der Waals surface area contributed by atoms with Gasteiger partial charge in [0.05, 0.1) is 27.4 Å². The number of carbonyl (C=O) groups is 2. The van der Waals surface area contributed by atoms with Gasteiger partial charge in [-0.15, -0.1) is 0 Å². The summed E-state index contributed by atoms with van der Waals surface area (Å²) in [6, 6.07) is 10.1. The molecule has 1 aliphatic carbocycles. The molecule has 2 aromatic carbocycles. The van der Waals surface area contributed by atoms with Crippen LogP contribution in [0, 0.1) is 5.41 Å². The van der Waals surface area contributed by atoms with E-state index < -0.39 is 17.4 Å². The van der Waals surface area contributed by atoms with Crippen LogP contribution in [0.2, 0.25) is 0 Å². The third kappa shape index (κ3) is 2.87. The van der Waals surface area contributed by atoms with Crippen LogP contribution >= 0.6 is 0 Å². The molecule has 152 valence electrons. The van der Waals surface area contributed by atoms with Crippen LogP contribution in [0.1, 0.15) is 47.6 Å². The number of rotatable bonds is 4. The van der Waals surface area contributed by atoms with E-state index in [2.05, 4.69) is 26.0 Å². The summed E-state index contributed by atoms with van der Waals surface area (Å²) >= 11 is 0. The van der Waals surface area contributed by atoms with E-state index in [1.807, 2.05) is 18.2 Å². The molecular formula is C24H26O5. The first-order valence-electron chi connectivity index (χ1n) is 9.94. The van der Waals surface area contributed by atoms with E-state index in [0.29, 0.717) is 19.6 Å². The van der Waals surface area contributed by atoms with Crippen molar-refractivity contribution >= 4 is 11.9 Å². The van der Waals surface area contributed by atoms with Crippen molar-refractivity contribution < 1.29 is 23.8 Å². The molecule has 0 saturated heterocycles. The molecule has 1 heterocycles. The summed E-state index contributed by atoms with van der Waals surface area (Å²) in [5, 5.41) is 0. The predicted octanol–water partition coefficient (Wildman–Crippen LogP) is 3.94. The number of ether oxygens (including phenoxy) is 3. The highest BCUT2D eigenvalue weighted by Crippen LogP contribution is 2.50. The monoisotopic (exact) mass is 394 g/mol. The minimum atomic E-state index is -1.34. The zero-order valence-corrected chi connectivity index (χ0v) is 17.3. The molecule has 4 rings (SSSR count). The first-order valence-corrected chi connectivity index (χ1v) is 9.94. The van der Waals surface area contributed by atoms with Crippen LogP contribution in [0.4, 0.5) is 0 Å². The molecule has 2 aliphatic rings. The summed E-state index contributed by atoms with van der Waals surface area (Å²) in [5.74, 6) is -0.827. The zero-order chi connectivity index (χ0) is 20.8. The number of fused-ring (bicyclic) bond motifs is 2. The van der Waals surface area contributed by atoms with Gasteiger partial charge in [0, 0.05) is 12.8 Å². The van der Waals surface area contributed by atoms with Crippen LogP contribution in [0.5, 0.6) is 0 Å². The Balaban J connectivity index is 2.02. The molecule has 0 N–H and O–H groups in total. The van der Waals surface area contributed by atoms with Gasteiger partial charge in [-0.3, -0.25) is 9.59 Å². The maximum Gasteiger partial charge on any atom is 0.323 e. The topological polar surface area (TPSA) is 61.8 Å². The van der Waals surface area contributed by atoms with E-state index in [1.165, 1.54) is 30.9 Å². The maximum absolute atomic E-state index is 12.8. The SMILES string of the molecule is COC(=O)C1(C(=O)OC)Cc2c(c(C(C)C)c3c(c2-c2ccccc2)COC3)C1. The van der Waals surface area contributed by atoms with E-state index in [0.717, 1.165) is 22.3 Å². The largest absolute Gasteiger partial charge is 0.468 e. The maximum atomic E-state index is 12.8. The van der Waals surface area contributed by atoms with Gasteiger partial charge in [0.2, 0.25) is 0 Å². The van der Waals surface area contributed by atoms with Crippen LogP contribution in [0.15, 0.2) is 30.3 Å². The van der Waals surface area contributed by atoms with Gasteiger partial charge in [0.15, 0.2) is 5.41 Å². The Labute approximate surface area is 171 Å². The second-order valence-corrected chi connectivity index (χ2v) is 8.14. The van der Waals surface area contributed by atoms with Crippen molar-refractivity contribution in [1.82, 2.24) is 0 Å². The van der Waals surface area contributed by atoms with E-state index in [9.17, 15) is 9.59 Å². The molecule has 29 heavy (non-hydrogen) atoms. The van der Waals surface area contributed by atoms with Crippen molar-refractivity contribution in [2.75, 3.05) is 14.2 Å². The number of esters is 2. The van der Waals surface area contributed by atoms with Crippen molar-refractivity contribution in [3.8, 4) is 11.1 Å². The third-order valence-corrected chi connectivity index (χ3v) is 6.22. The average Bonchev–Trinajstić information content (AvgIpc) is 3.36. The second-order valence-electron chi connectivity index (χ2n) is 8.14. The van der Waals surface area contributed by atoms with E-state index in [1.54, 1.807) is 0 Å². The molecule has 0 amide bonds. The van der Waals surface area contributed by atoms with Gasteiger partial charge in [-0.1, -0.05) is 44.2 Å². The molecule has 0 radical (unpaired) electrons. The van der Waals surface area contributed by atoms with Crippen LogP contribution in [-0.2, 0) is 49.9 Å². The van der Waals surface area contributed by atoms with E-state index in [4.69, 9.17) is 14.2 Å². The Morgan fingerprint density at radius 1 is 0.897 bits per heavy atom. The Hall–Kier alpha value is -2.66. The van der Waals surface area contributed by atoms with Crippen molar-refractivity contribution in [1.29, 1.82) is 0 Å². The number of methoxy groups -OCH3 is 2. The Kier molecular flexibility index (Phi) is 4.95. The Morgan fingerprint density at radius 3 is 2.07 bits per heavy atom. The van der Waals surface area contributed by atoms with Crippen LogP contribution < -0.4 is 0 Å². The summed E-state index contributed by atoms with van der Waals surface area (Å²) in [6.07, 6.45) is 0.571. The fourth-order valence-electron chi connectivity index (χ4n) is 5.05. The van der Waals surface area contributed by atoms with Crippen molar-refractivity contribution in [3.05, 3.63) is 58.1 Å². The zero-order valence-electron chi connectivity index (χ0n) is 17.3. The van der Waals surface area contributed by atoms with Gasteiger partial charge < -0.3 is 14.2 Å². The van der Waals surface area contributed by atoms with Crippen molar-refractivity contribution in [3.63, 3.8) is 0 Å². The molecule has 0 unspecified atom stereocenters. The molecule has 0 saturated carbocycles. The van der Waals surface area contributed by atoms with Crippen LogP contribution in [0.25, 0.3) is 11.1 Å². The van der Waals surface area contributed by atoms with Gasteiger partial charge >= 0.3 is 11.9 Å². The summed E-state index contributed by atoms with van der Waals surface area (Å²) in [6.45, 7) is 5.38. The summed E-state index contributed by atoms with van der Waals surface area (Å²) in [7, 11) is 2.65. The molecular weight excluding hydrogens is 368 g/mol. The number of hydrogen-bond acceptors (Lipinski definition) is 5. The number of hydrogen-bond donors (Lipinski definition) is 0. The Bertz CT molecular complexity index is 959. The van der Waals surface area contributed by atoms with E-state index >= 15 is 0 Å². The number of benzene rings is 2. The summed E-state index contributed by atoms with van der Waals surface area (Å²) in [5.41, 5.74) is 6.50. The summed E-state index contributed by atoms with van der Waals surface area (Å²) < 4.78 is 16.0. The molecule has 2 aromatic rings. The molecule has 5 heteroatoms. The smallest absolute Gasteiger partial charge is 0.323 e. The molecule has 0 bridgehead atoms. The fourth-order valence-corrected chi connectivity index (χ4v) is 5.05. The highest BCUT2D eigenvalue weighted by molar-refractivity contribution is 6.02. The molecule has 0 aromatic heterocycles. The first kappa shape index (κ1) is 19.6. The lowest BCUT2D eigenvalue weighted by atomic mass is 9.82. The quantitative estimate of drug-likeness (QED) is 0.581. The average molecular weight is 394 g/mol. The first-order chi connectivity index (χ1) is 13.9. The lowest BCUT2D eigenvalue weighted by Crippen LogP contribution is -2.42. The van der Waals surface area contributed by atoms with Crippen LogP contribution in [-0.4, -0.2) is 26.2 Å². The highest BCUT2D eigenvalue weighted by atomic mass is 16.5. The standard InChI is InChI=1S/C24H26O5/c1-14(2)20-16-10-24(22(25)27-3,23(26)28-4)11-17(16)21(15-8-6-5-7-9-15)19-13-29-12-18(19)20/h5-9,14H,10-13H2,1-4H3. The van der Waals surface area contributed by atoms with Gasteiger partial charge in [-0.25, -0.2) is 0 Å². The molecule has 0 atom stereocenters. The fraction of sp³-hybridized carbons (Fsp3) is 0.417. The van der Waals surface area contributed by atoms with E-state index in [-0.39, 0.29) is 12.3 Å². The molecule has 0 fully saturated rings. The van der Waals surface area contributed by atoms with Gasteiger partial charge in [0.25, 0.3) is 0 Å². The minimum Gasteiger partial charge on any atom is -0.468 e. The van der Waals surface area contributed by atoms with Gasteiger partial charge in [-0.05, 0) is 44.9 Å². The van der Waals surface area contributed by atoms with Gasteiger partial charge in [-0.2, -0.15) is 0 Å². The third-order valence-electron chi connectivity index (χ3n) is 6.22. The normalized spacial score (nSPS) is 16.4. The van der Waals surface area contributed by atoms with Crippen LogP contribution in [0.3, 0.4) is 0 Å². The van der Waals surface area contributed by atoms with Crippen molar-refractivity contribution in [2.24, 2.45) is 5.41 Å². The van der Waals surface area contributed by atoms with Crippen molar-refractivity contribution in [2.45, 2.75) is 45.8 Å². The predicted molar refractivity (Wildman–Crippen MR) is 108 cm³/mol. The Morgan fingerprint density at radius 2 is 1.48 bits per heavy atom. The highest BCUT2D eigenvalue weighted by Gasteiger charge is 2.54. The summed E-state index contributed by atoms with van der Waals surface area (Å²) in [4.78, 5) is 25.7. The number of carbonyl (C=O) groups excluding carboxylic acids is 2. The van der Waals surface area contributed by atoms with Gasteiger partial charge in [0.1, 0.15) is 0 Å². The lowest BCUT2D eigenvalue weighted by molar-refractivity contribution is -0.168. The molecule has 0 spiro atoms.